The van der Waals surface area contributed by atoms with Crippen molar-refractivity contribution >= 4 is 54.4 Å². The van der Waals surface area contributed by atoms with E-state index in [-0.39, 0.29) is 0 Å². The van der Waals surface area contributed by atoms with Gasteiger partial charge in [-0.05, 0) is 66.0 Å². The van der Waals surface area contributed by atoms with Gasteiger partial charge in [-0.2, -0.15) is 0 Å². The first kappa shape index (κ1) is 30.3. The van der Waals surface area contributed by atoms with E-state index in [2.05, 4.69) is 137 Å². The van der Waals surface area contributed by atoms with Crippen molar-refractivity contribution in [3.8, 4) is 45.5 Å². The Morgan fingerprint density at radius 2 is 0.667 bits per heavy atom. The Morgan fingerprint density at radius 1 is 0.278 bits per heavy atom. The lowest BCUT2D eigenvalue weighted by Crippen LogP contribution is -2.00. The summed E-state index contributed by atoms with van der Waals surface area (Å²) >= 11 is 0. The molecule has 5 heteroatoms. The first-order valence-corrected chi connectivity index (χ1v) is 18.2. The zero-order valence-corrected chi connectivity index (χ0v) is 29.1. The van der Waals surface area contributed by atoms with E-state index >= 15 is 0 Å². The summed E-state index contributed by atoms with van der Waals surface area (Å²) in [5, 5.41) is 7.50. The molecule has 252 valence electrons. The molecular formula is C49H31N5. The van der Waals surface area contributed by atoms with Crippen molar-refractivity contribution in [3.05, 3.63) is 188 Å². The van der Waals surface area contributed by atoms with E-state index < -0.39 is 0 Å². The largest absolute Gasteiger partial charge is 0.309 e. The van der Waals surface area contributed by atoms with Crippen LogP contribution in [0.1, 0.15) is 0 Å². The summed E-state index contributed by atoms with van der Waals surface area (Å²) in [6, 6.07) is 66.2. The summed E-state index contributed by atoms with van der Waals surface area (Å²) in [6.07, 6.45) is 0. The molecule has 0 aliphatic heterocycles. The van der Waals surface area contributed by atoms with E-state index in [0.717, 1.165) is 33.6 Å². The monoisotopic (exact) mass is 689 g/mol. The Balaban J connectivity index is 1.12. The highest BCUT2D eigenvalue weighted by Gasteiger charge is 2.21. The molecule has 0 N–H and O–H groups in total. The number of rotatable bonds is 5. The van der Waals surface area contributed by atoms with Gasteiger partial charge in [0.1, 0.15) is 0 Å². The fourth-order valence-electron chi connectivity index (χ4n) is 8.16. The number of para-hydroxylation sites is 3. The number of hydrogen-bond acceptors (Lipinski definition) is 3. The van der Waals surface area contributed by atoms with Crippen LogP contribution in [0, 0.1) is 0 Å². The summed E-state index contributed by atoms with van der Waals surface area (Å²) in [4.78, 5) is 14.8. The summed E-state index contributed by atoms with van der Waals surface area (Å²) < 4.78 is 4.79. The number of benzene rings is 8. The lowest BCUT2D eigenvalue weighted by molar-refractivity contribution is 1.07. The van der Waals surface area contributed by atoms with Crippen LogP contribution in [-0.2, 0) is 0 Å². The number of nitrogens with zero attached hydrogens (tertiary/aromatic N) is 5. The molecule has 0 aliphatic carbocycles. The third-order valence-electron chi connectivity index (χ3n) is 10.6. The number of fused-ring (bicyclic) bond motifs is 9. The van der Waals surface area contributed by atoms with E-state index in [1.165, 1.54) is 48.9 Å². The Morgan fingerprint density at radius 3 is 1.15 bits per heavy atom. The third kappa shape index (κ3) is 4.69. The standard InChI is InChI=1S/C49H31N5/c1-4-14-33(15-5-1)47-50-48(34-16-6-2-7-17-34)52-49(51-47)35-24-28-37(29-25-35)54-41-23-13-11-21-39(41)46-43(54)31-27-32-26-30-42-45(44(32)46)38-20-10-12-22-40(38)53(42)36-18-8-3-9-19-36/h1-31H. The average Bonchev–Trinajstić information content (AvgIpc) is 3.78. The van der Waals surface area contributed by atoms with E-state index in [9.17, 15) is 0 Å². The summed E-state index contributed by atoms with van der Waals surface area (Å²) in [7, 11) is 0. The van der Waals surface area contributed by atoms with Crippen LogP contribution in [-0.4, -0.2) is 24.1 Å². The van der Waals surface area contributed by atoms with Crippen molar-refractivity contribution in [1.29, 1.82) is 0 Å². The first-order valence-electron chi connectivity index (χ1n) is 18.2. The quantitative estimate of drug-likeness (QED) is 0.181. The van der Waals surface area contributed by atoms with E-state index in [1.54, 1.807) is 0 Å². The molecule has 11 rings (SSSR count). The molecule has 5 nitrogen and oxygen atoms in total. The smallest absolute Gasteiger partial charge is 0.164 e. The van der Waals surface area contributed by atoms with Gasteiger partial charge in [-0.1, -0.05) is 127 Å². The second-order valence-electron chi connectivity index (χ2n) is 13.6. The predicted molar refractivity (Wildman–Crippen MR) is 222 cm³/mol. The maximum Gasteiger partial charge on any atom is 0.164 e. The van der Waals surface area contributed by atoms with Gasteiger partial charge in [0.15, 0.2) is 17.5 Å². The van der Waals surface area contributed by atoms with Gasteiger partial charge in [-0.3, -0.25) is 0 Å². The van der Waals surface area contributed by atoms with Crippen LogP contribution in [0.15, 0.2) is 188 Å². The average molecular weight is 690 g/mol. The number of aromatic nitrogens is 5. The summed E-state index contributed by atoms with van der Waals surface area (Å²) in [5.41, 5.74) is 9.79. The molecule has 0 saturated heterocycles. The van der Waals surface area contributed by atoms with Crippen molar-refractivity contribution in [2.75, 3.05) is 0 Å². The van der Waals surface area contributed by atoms with Crippen LogP contribution in [0.5, 0.6) is 0 Å². The SMILES string of the molecule is c1ccc(-c2nc(-c3ccccc3)nc(-c3ccc(-n4c5ccccc5c5c6c(ccc7c6c6ccccc6n7-c6ccccc6)ccc54)cc3)n2)cc1. The topological polar surface area (TPSA) is 48.5 Å². The second kappa shape index (κ2) is 12.1. The van der Waals surface area contributed by atoms with Crippen molar-refractivity contribution in [3.63, 3.8) is 0 Å². The summed E-state index contributed by atoms with van der Waals surface area (Å²) in [6.45, 7) is 0. The Labute approximate surface area is 311 Å². The van der Waals surface area contributed by atoms with Gasteiger partial charge in [-0.25, -0.2) is 15.0 Å². The van der Waals surface area contributed by atoms with Gasteiger partial charge in [0.2, 0.25) is 0 Å². The molecule has 3 heterocycles. The van der Waals surface area contributed by atoms with Gasteiger partial charge in [-0.15, -0.1) is 0 Å². The molecule has 54 heavy (non-hydrogen) atoms. The number of hydrogen-bond donors (Lipinski definition) is 0. The minimum atomic E-state index is 0.639. The van der Waals surface area contributed by atoms with E-state index in [1.807, 2.05) is 60.7 Å². The first-order chi connectivity index (χ1) is 26.8. The molecule has 0 bridgehead atoms. The second-order valence-corrected chi connectivity index (χ2v) is 13.6. The van der Waals surface area contributed by atoms with Gasteiger partial charge < -0.3 is 9.13 Å². The molecule has 0 spiro atoms. The van der Waals surface area contributed by atoms with Gasteiger partial charge in [0.25, 0.3) is 0 Å². The van der Waals surface area contributed by atoms with Gasteiger partial charge in [0, 0.05) is 55.0 Å². The minimum absolute atomic E-state index is 0.639. The minimum Gasteiger partial charge on any atom is -0.309 e. The van der Waals surface area contributed by atoms with Crippen molar-refractivity contribution in [2.24, 2.45) is 0 Å². The van der Waals surface area contributed by atoms with Crippen LogP contribution in [0.3, 0.4) is 0 Å². The van der Waals surface area contributed by atoms with Crippen LogP contribution in [0.25, 0.3) is 99.9 Å². The molecule has 0 amide bonds. The van der Waals surface area contributed by atoms with Crippen LogP contribution in [0.2, 0.25) is 0 Å². The van der Waals surface area contributed by atoms with Crippen LogP contribution < -0.4 is 0 Å². The van der Waals surface area contributed by atoms with Gasteiger partial charge in [0.05, 0.1) is 22.1 Å². The highest BCUT2D eigenvalue weighted by molar-refractivity contribution is 6.33. The van der Waals surface area contributed by atoms with Crippen molar-refractivity contribution in [1.82, 2.24) is 24.1 Å². The zero-order valence-electron chi connectivity index (χ0n) is 29.1. The molecule has 3 aromatic heterocycles. The van der Waals surface area contributed by atoms with Crippen molar-refractivity contribution in [2.45, 2.75) is 0 Å². The molecule has 0 radical (unpaired) electrons. The fraction of sp³-hybridized carbons (Fsp3) is 0. The van der Waals surface area contributed by atoms with E-state index in [4.69, 9.17) is 15.0 Å². The van der Waals surface area contributed by atoms with E-state index in [0.29, 0.717) is 17.5 Å². The molecule has 0 atom stereocenters. The maximum absolute atomic E-state index is 4.97. The molecule has 0 unspecified atom stereocenters. The fourth-order valence-corrected chi connectivity index (χ4v) is 8.16. The lowest BCUT2D eigenvalue weighted by atomic mass is 9.98. The molecule has 11 aromatic rings. The van der Waals surface area contributed by atoms with Crippen LogP contribution >= 0.6 is 0 Å². The Bertz CT molecular complexity index is 3120. The molecular weight excluding hydrogens is 659 g/mol. The van der Waals surface area contributed by atoms with Crippen molar-refractivity contribution < 1.29 is 0 Å². The van der Waals surface area contributed by atoms with Crippen LogP contribution in [0.4, 0.5) is 0 Å². The summed E-state index contributed by atoms with van der Waals surface area (Å²) in [5.74, 6) is 1.94. The highest BCUT2D eigenvalue weighted by Crippen LogP contribution is 2.43. The highest BCUT2D eigenvalue weighted by atomic mass is 15.0. The Kier molecular flexibility index (Phi) is 6.79. The molecule has 8 aromatic carbocycles. The normalized spacial score (nSPS) is 11.7. The molecule has 0 saturated carbocycles. The van der Waals surface area contributed by atoms with Gasteiger partial charge >= 0.3 is 0 Å². The molecule has 0 fully saturated rings. The Hall–Kier alpha value is -7.37. The zero-order chi connectivity index (χ0) is 35.6. The predicted octanol–water partition coefficient (Wildman–Crippen LogP) is 12.2. The third-order valence-corrected chi connectivity index (χ3v) is 10.6. The maximum atomic E-state index is 4.97. The molecule has 0 aliphatic rings. The lowest BCUT2D eigenvalue weighted by Gasteiger charge is -2.11.